The molecule has 0 radical (unpaired) electrons. The van der Waals surface area contributed by atoms with Crippen LogP contribution >= 0.6 is 0 Å². The van der Waals surface area contributed by atoms with Gasteiger partial charge in [-0.2, -0.15) is 4.98 Å². The summed E-state index contributed by atoms with van der Waals surface area (Å²) in [7, 11) is 3.50. The van der Waals surface area contributed by atoms with Crippen LogP contribution in [0.5, 0.6) is 5.75 Å². The molecule has 2 aliphatic rings. The Labute approximate surface area is 189 Å². The van der Waals surface area contributed by atoms with Gasteiger partial charge in [0.2, 0.25) is 11.7 Å². The van der Waals surface area contributed by atoms with E-state index in [0.717, 1.165) is 48.3 Å². The number of fused-ring (bicyclic) bond motifs is 1. The minimum Gasteiger partial charge on any atom is -0.495 e. The quantitative estimate of drug-likeness (QED) is 0.499. The van der Waals surface area contributed by atoms with E-state index in [9.17, 15) is 0 Å². The minimum atomic E-state index is 0.428. The number of hydrogen-bond acceptors (Lipinski definition) is 6. The van der Waals surface area contributed by atoms with Crippen molar-refractivity contribution in [3.63, 3.8) is 0 Å². The normalized spacial score (nSPS) is 20.4. The minimum absolute atomic E-state index is 0.428. The number of hydrogen-bond donors (Lipinski definition) is 0. The van der Waals surface area contributed by atoms with Gasteiger partial charge in [-0.05, 0) is 44.2 Å². The van der Waals surface area contributed by atoms with E-state index in [1.54, 1.807) is 14.2 Å². The second-order valence-corrected chi connectivity index (χ2v) is 9.29. The van der Waals surface area contributed by atoms with Crippen molar-refractivity contribution >= 4 is 10.9 Å². The average Bonchev–Trinajstić information content (AvgIpc) is 3.55. The maximum atomic E-state index is 5.73. The number of aromatic nitrogens is 3. The molecular weight excluding hydrogens is 404 g/mol. The van der Waals surface area contributed by atoms with Crippen molar-refractivity contribution in [2.45, 2.75) is 64.1 Å². The highest BCUT2D eigenvalue weighted by molar-refractivity contribution is 5.97. The first-order valence-corrected chi connectivity index (χ1v) is 12.0. The molecule has 0 amide bonds. The molecule has 32 heavy (non-hydrogen) atoms. The summed E-state index contributed by atoms with van der Waals surface area (Å²) in [4.78, 5) is 7.18. The summed E-state index contributed by atoms with van der Waals surface area (Å²) >= 11 is 0. The van der Waals surface area contributed by atoms with Crippen molar-refractivity contribution < 1.29 is 14.0 Å². The lowest BCUT2D eigenvalue weighted by atomic mass is 9.89. The van der Waals surface area contributed by atoms with Crippen LogP contribution in [0, 0.1) is 5.92 Å². The van der Waals surface area contributed by atoms with Crippen molar-refractivity contribution in [3.05, 3.63) is 30.3 Å². The number of methoxy groups -OCH3 is 2. The fourth-order valence-corrected chi connectivity index (χ4v) is 5.55. The summed E-state index contributed by atoms with van der Waals surface area (Å²) in [6, 6.07) is 6.64. The number of rotatable bonds is 8. The van der Waals surface area contributed by atoms with Crippen LogP contribution in [0.15, 0.2) is 28.9 Å². The highest BCUT2D eigenvalue weighted by atomic mass is 16.5. The largest absolute Gasteiger partial charge is 0.495 e. The number of nitrogens with zero attached hydrogens (tertiary/aromatic N) is 4. The van der Waals surface area contributed by atoms with E-state index in [4.69, 9.17) is 19.0 Å². The molecule has 1 aromatic carbocycles. The number of para-hydroxylation sites is 1. The molecule has 1 aliphatic carbocycles. The highest BCUT2D eigenvalue weighted by Crippen LogP contribution is 2.36. The first-order valence-electron chi connectivity index (χ1n) is 12.0. The van der Waals surface area contributed by atoms with Crippen molar-refractivity contribution in [2.24, 2.45) is 5.92 Å². The standard InChI is InChI=1S/C25H34N4O3/c1-30-17-19-10-7-13-28(19)16-23-26-25(27-32-23)21-15-29(14-18-8-4-3-5-9-18)24-20(21)11-6-12-22(24)31-2/h6,11-12,15,18-19H,3-5,7-10,13-14,16-17H2,1-2H3/t19-/m0/s1. The number of benzene rings is 1. The van der Waals surface area contributed by atoms with E-state index in [1.807, 2.05) is 12.1 Å². The zero-order chi connectivity index (χ0) is 21.9. The maximum absolute atomic E-state index is 5.73. The molecule has 2 aromatic heterocycles. The third-order valence-corrected chi connectivity index (χ3v) is 7.17. The molecule has 1 atom stereocenters. The molecule has 7 nitrogen and oxygen atoms in total. The first-order chi connectivity index (χ1) is 15.8. The molecule has 1 saturated heterocycles. The van der Waals surface area contributed by atoms with Crippen LogP contribution in [0.3, 0.4) is 0 Å². The zero-order valence-electron chi connectivity index (χ0n) is 19.3. The molecule has 0 spiro atoms. The van der Waals surface area contributed by atoms with Gasteiger partial charge in [0, 0.05) is 36.8 Å². The maximum Gasteiger partial charge on any atom is 0.241 e. The van der Waals surface area contributed by atoms with Crippen molar-refractivity contribution in [1.82, 2.24) is 19.6 Å². The second-order valence-electron chi connectivity index (χ2n) is 9.29. The van der Waals surface area contributed by atoms with Gasteiger partial charge in [-0.15, -0.1) is 0 Å². The van der Waals surface area contributed by atoms with E-state index < -0.39 is 0 Å². The van der Waals surface area contributed by atoms with Crippen LogP contribution in [-0.4, -0.2) is 53.0 Å². The summed E-state index contributed by atoms with van der Waals surface area (Å²) in [6.07, 6.45) is 11.2. The van der Waals surface area contributed by atoms with E-state index in [-0.39, 0.29) is 0 Å². The molecule has 172 valence electrons. The number of ether oxygens (including phenoxy) is 2. The lowest BCUT2D eigenvalue weighted by Crippen LogP contribution is -2.32. The SMILES string of the molecule is COC[C@@H]1CCCN1Cc1nc(-c2cn(CC3CCCCC3)c3c(OC)cccc23)no1. The van der Waals surface area contributed by atoms with Gasteiger partial charge in [-0.1, -0.05) is 36.6 Å². The first kappa shape index (κ1) is 21.5. The number of likely N-dealkylation sites (tertiary alicyclic amines) is 1. The van der Waals surface area contributed by atoms with Gasteiger partial charge in [0.05, 0.1) is 25.8 Å². The molecule has 0 bridgehead atoms. The van der Waals surface area contributed by atoms with Gasteiger partial charge in [0.25, 0.3) is 0 Å². The summed E-state index contributed by atoms with van der Waals surface area (Å²) in [6.45, 7) is 3.47. The molecule has 3 heterocycles. The second kappa shape index (κ2) is 9.63. The molecule has 0 N–H and O–H groups in total. The monoisotopic (exact) mass is 438 g/mol. The van der Waals surface area contributed by atoms with Crippen LogP contribution < -0.4 is 4.74 Å². The van der Waals surface area contributed by atoms with Crippen LogP contribution in [0.4, 0.5) is 0 Å². The summed E-state index contributed by atoms with van der Waals surface area (Å²) < 4.78 is 19.2. The van der Waals surface area contributed by atoms with Gasteiger partial charge < -0.3 is 18.6 Å². The molecular formula is C25H34N4O3. The Morgan fingerprint density at radius 2 is 1.97 bits per heavy atom. The van der Waals surface area contributed by atoms with Crippen LogP contribution in [0.25, 0.3) is 22.3 Å². The fourth-order valence-electron chi connectivity index (χ4n) is 5.55. The Kier molecular flexibility index (Phi) is 6.46. The van der Waals surface area contributed by atoms with E-state index in [0.29, 0.717) is 30.2 Å². The molecule has 0 unspecified atom stereocenters. The Bertz CT molecular complexity index is 1040. The molecule has 5 rings (SSSR count). The van der Waals surface area contributed by atoms with E-state index in [2.05, 4.69) is 26.9 Å². The van der Waals surface area contributed by atoms with Crippen LogP contribution in [0.1, 0.15) is 50.8 Å². The lowest BCUT2D eigenvalue weighted by Gasteiger charge is -2.22. The van der Waals surface area contributed by atoms with Gasteiger partial charge >= 0.3 is 0 Å². The van der Waals surface area contributed by atoms with Crippen molar-refractivity contribution in [1.29, 1.82) is 0 Å². The summed E-state index contributed by atoms with van der Waals surface area (Å²) in [5.41, 5.74) is 2.14. The average molecular weight is 439 g/mol. The zero-order valence-corrected chi connectivity index (χ0v) is 19.3. The van der Waals surface area contributed by atoms with Gasteiger partial charge in [-0.25, -0.2) is 0 Å². The van der Waals surface area contributed by atoms with Gasteiger partial charge in [0.1, 0.15) is 5.75 Å². The van der Waals surface area contributed by atoms with E-state index >= 15 is 0 Å². The Hall–Kier alpha value is -2.38. The summed E-state index contributed by atoms with van der Waals surface area (Å²) in [5.74, 6) is 2.93. The Morgan fingerprint density at radius 1 is 1.09 bits per heavy atom. The third-order valence-electron chi connectivity index (χ3n) is 7.17. The fraction of sp³-hybridized carbons (Fsp3) is 0.600. The topological polar surface area (TPSA) is 65.5 Å². The van der Waals surface area contributed by atoms with Gasteiger partial charge in [0.15, 0.2) is 0 Å². The predicted molar refractivity (Wildman–Crippen MR) is 124 cm³/mol. The Morgan fingerprint density at radius 3 is 2.78 bits per heavy atom. The van der Waals surface area contributed by atoms with Crippen molar-refractivity contribution in [3.8, 4) is 17.1 Å². The smallest absolute Gasteiger partial charge is 0.241 e. The molecule has 1 saturated carbocycles. The van der Waals surface area contributed by atoms with E-state index in [1.165, 1.54) is 38.5 Å². The predicted octanol–water partition coefficient (Wildman–Crippen LogP) is 4.89. The Balaban J connectivity index is 1.44. The van der Waals surface area contributed by atoms with Crippen LogP contribution in [-0.2, 0) is 17.8 Å². The van der Waals surface area contributed by atoms with Crippen molar-refractivity contribution in [2.75, 3.05) is 27.4 Å². The molecule has 2 fully saturated rings. The molecule has 1 aliphatic heterocycles. The third kappa shape index (κ3) is 4.28. The molecule has 3 aromatic rings. The highest BCUT2D eigenvalue weighted by Gasteiger charge is 2.27. The molecule has 7 heteroatoms. The van der Waals surface area contributed by atoms with Gasteiger partial charge in [-0.3, -0.25) is 4.90 Å². The summed E-state index contributed by atoms with van der Waals surface area (Å²) in [5, 5.41) is 5.48. The van der Waals surface area contributed by atoms with Crippen LogP contribution in [0.2, 0.25) is 0 Å². The lowest BCUT2D eigenvalue weighted by molar-refractivity contribution is 0.105.